The standard InChI is InChI=1S/C16H17BrFNO/c1-10-3-5-14(16(20)7-10)11(2)19-9-12-8-13(17)4-6-15(12)18/h3-8,11,19-20H,9H2,1-2H3. The lowest BCUT2D eigenvalue weighted by Crippen LogP contribution is -2.19. The Labute approximate surface area is 126 Å². The van der Waals surface area contributed by atoms with Gasteiger partial charge in [-0.15, -0.1) is 0 Å². The number of hydrogen-bond acceptors (Lipinski definition) is 2. The van der Waals surface area contributed by atoms with Gasteiger partial charge in [-0.3, -0.25) is 0 Å². The van der Waals surface area contributed by atoms with Crippen molar-refractivity contribution in [3.8, 4) is 5.75 Å². The van der Waals surface area contributed by atoms with E-state index in [0.717, 1.165) is 15.6 Å². The average molecular weight is 338 g/mol. The molecule has 0 amide bonds. The Morgan fingerprint density at radius 1 is 1.25 bits per heavy atom. The Kier molecular flexibility index (Phi) is 4.78. The summed E-state index contributed by atoms with van der Waals surface area (Å²) < 4.78 is 14.5. The third-order valence-corrected chi connectivity index (χ3v) is 3.75. The van der Waals surface area contributed by atoms with E-state index in [-0.39, 0.29) is 17.6 Å². The average Bonchev–Trinajstić information content (AvgIpc) is 2.39. The minimum atomic E-state index is -0.235. The van der Waals surface area contributed by atoms with E-state index in [1.165, 1.54) is 6.07 Å². The molecule has 0 fully saturated rings. The van der Waals surface area contributed by atoms with Gasteiger partial charge in [-0.1, -0.05) is 28.1 Å². The highest BCUT2D eigenvalue weighted by Crippen LogP contribution is 2.25. The minimum Gasteiger partial charge on any atom is -0.508 e. The second-order valence-corrected chi connectivity index (χ2v) is 5.82. The van der Waals surface area contributed by atoms with Gasteiger partial charge in [0.05, 0.1) is 0 Å². The van der Waals surface area contributed by atoms with Gasteiger partial charge in [0, 0.05) is 28.2 Å². The predicted octanol–water partition coefficient (Wildman–Crippen LogP) is 4.45. The highest BCUT2D eigenvalue weighted by molar-refractivity contribution is 9.10. The molecule has 2 aromatic rings. The van der Waals surface area contributed by atoms with Gasteiger partial charge in [0.15, 0.2) is 0 Å². The van der Waals surface area contributed by atoms with Crippen molar-refractivity contribution in [2.75, 3.05) is 0 Å². The molecule has 2 rings (SSSR count). The van der Waals surface area contributed by atoms with Gasteiger partial charge < -0.3 is 10.4 Å². The maximum absolute atomic E-state index is 13.6. The summed E-state index contributed by atoms with van der Waals surface area (Å²) in [6.07, 6.45) is 0. The van der Waals surface area contributed by atoms with Gasteiger partial charge in [0.2, 0.25) is 0 Å². The van der Waals surface area contributed by atoms with E-state index < -0.39 is 0 Å². The van der Waals surface area contributed by atoms with Crippen LogP contribution < -0.4 is 5.32 Å². The number of phenols is 1. The zero-order valence-corrected chi connectivity index (χ0v) is 13.0. The van der Waals surface area contributed by atoms with Gasteiger partial charge in [0.25, 0.3) is 0 Å². The maximum atomic E-state index is 13.6. The summed E-state index contributed by atoms with van der Waals surface area (Å²) in [5.74, 6) is 0.0285. The fourth-order valence-corrected chi connectivity index (χ4v) is 2.48. The van der Waals surface area contributed by atoms with Crippen LogP contribution in [0.25, 0.3) is 0 Å². The fraction of sp³-hybridized carbons (Fsp3) is 0.250. The van der Waals surface area contributed by atoms with E-state index in [9.17, 15) is 9.50 Å². The fourth-order valence-electron chi connectivity index (χ4n) is 2.07. The van der Waals surface area contributed by atoms with Crippen LogP contribution >= 0.6 is 15.9 Å². The van der Waals surface area contributed by atoms with E-state index >= 15 is 0 Å². The van der Waals surface area contributed by atoms with Crippen molar-refractivity contribution in [2.45, 2.75) is 26.4 Å². The molecule has 0 heterocycles. The van der Waals surface area contributed by atoms with Crippen LogP contribution in [-0.2, 0) is 6.54 Å². The van der Waals surface area contributed by atoms with Gasteiger partial charge >= 0.3 is 0 Å². The normalized spacial score (nSPS) is 12.4. The number of nitrogens with one attached hydrogen (secondary N) is 1. The zero-order valence-electron chi connectivity index (χ0n) is 11.5. The highest BCUT2D eigenvalue weighted by atomic mass is 79.9. The summed E-state index contributed by atoms with van der Waals surface area (Å²) in [4.78, 5) is 0. The first-order valence-corrected chi connectivity index (χ1v) is 7.23. The molecule has 0 aromatic heterocycles. The molecule has 0 aliphatic heterocycles. The van der Waals surface area contributed by atoms with Gasteiger partial charge in [-0.05, 0) is 43.7 Å². The largest absolute Gasteiger partial charge is 0.508 e. The van der Waals surface area contributed by atoms with Crippen LogP contribution in [0.2, 0.25) is 0 Å². The molecule has 1 atom stereocenters. The zero-order chi connectivity index (χ0) is 14.7. The Hall–Kier alpha value is -1.39. The van der Waals surface area contributed by atoms with Crippen molar-refractivity contribution in [1.29, 1.82) is 0 Å². The first kappa shape index (κ1) is 15.0. The van der Waals surface area contributed by atoms with Crippen molar-refractivity contribution in [3.05, 3.63) is 63.4 Å². The molecule has 2 nitrogen and oxygen atoms in total. The minimum absolute atomic E-state index is 0.0611. The van der Waals surface area contributed by atoms with Gasteiger partial charge in [-0.25, -0.2) is 4.39 Å². The second kappa shape index (κ2) is 6.37. The first-order chi connectivity index (χ1) is 9.47. The molecule has 20 heavy (non-hydrogen) atoms. The lowest BCUT2D eigenvalue weighted by molar-refractivity contribution is 0.450. The van der Waals surface area contributed by atoms with E-state index in [4.69, 9.17) is 0 Å². The highest BCUT2D eigenvalue weighted by Gasteiger charge is 2.11. The lowest BCUT2D eigenvalue weighted by Gasteiger charge is -2.16. The summed E-state index contributed by atoms with van der Waals surface area (Å²) in [5, 5.41) is 13.2. The molecule has 0 spiro atoms. The molecule has 0 aliphatic carbocycles. The van der Waals surface area contributed by atoms with E-state index in [0.29, 0.717) is 12.1 Å². The monoisotopic (exact) mass is 337 g/mol. The van der Waals surface area contributed by atoms with Crippen molar-refractivity contribution in [3.63, 3.8) is 0 Å². The summed E-state index contributed by atoms with van der Waals surface area (Å²) >= 11 is 3.33. The van der Waals surface area contributed by atoms with Crippen molar-refractivity contribution in [2.24, 2.45) is 0 Å². The lowest BCUT2D eigenvalue weighted by atomic mass is 10.0. The Morgan fingerprint density at radius 3 is 2.70 bits per heavy atom. The van der Waals surface area contributed by atoms with E-state index in [1.54, 1.807) is 18.2 Å². The number of phenolic OH excluding ortho intramolecular Hbond substituents is 1. The molecule has 0 saturated heterocycles. The van der Waals surface area contributed by atoms with Gasteiger partial charge in [-0.2, -0.15) is 0 Å². The third kappa shape index (κ3) is 3.58. The Morgan fingerprint density at radius 2 is 2.00 bits per heavy atom. The van der Waals surface area contributed by atoms with Crippen LogP contribution in [0.1, 0.15) is 29.7 Å². The summed E-state index contributed by atoms with van der Waals surface area (Å²) in [6, 6.07) is 10.4. The molecule has 0 bridgehead atoms. The number of aromatic hydroxyl groups is 1. The molecule has 2 N–H and O–H groups in total. The molecular formula is C16H17BrFNO. The van der Waals surface area contributed by atoms with E-state index in [2.05, 4.69) is 21.2 Å². The summed E-state index contributed by atoms with van der Waals surface area (Å²) in [5.41, 5.74) is 2.42. The number of hydrogen-bond donors (Lipinski definition) is 2. The first-order valence-electron chi connectivity index (χ1n) is 6.44. The van der Waals surface area contributed by atoms with Crippen LogP contribution in [0.15, 0.2) is 40.9 Å². The molecular weight excluding hydrogens is 321 g/mol. The summed E-state index contributed by atoms with van der Waals surface area (Å²) in [6.45, 7) is 4.28. The quantitative estimate of drug-likeness (QED) is 0.863. The maximum Gasteiger partial charge on any atom is 0.127 e. The molecule has 1 unspecified atom stereocenters. The van der Waals surface area contributed by atoms with Crippen LogP contribution in [0.5, 0.6) is 5.75 Å². The number of benzene rings is 2. The molecule has 2 aromatic carbocycles. The Bertz CT molecular complexity index is 615. The molecule has 0 radical (unpaired) electrons. The topological polar surface area (TPSA) is 32.3 Å². The van der Waals surface area contributed by atoms with Crippen molar-refractivity contribution < 1.29 is 9.50 Å². The van der Waals surface area contributed by atoms with Crippen LogP contribution in [0.3, 0.4) is 0 Å². The van der Waals surface area contributed by atoms with Crippen LogP contribution in [-0.4, -0.2) is 5.11 Å². The molecule has 0 aliphatic rings. The van der Waals surface area contributed by atoms with E-state index in [1.807, 2.05) is 26.0 Å². The van der Waals surface area contributed by atoms with Crippen LogP contribution in [0.4, 0.5) is 4.39 Å². The van der Waals surface area contributed by atoms with Gasteiger partial charge in [0.1, 0.15) is 11.6 Å². The van der Waals surface area contributed by atoms with Crippen molar-refractivity contribution >= 4 is 15.9 Å². The van der Waals surface area contributed by atoms with Crippen LogP contribution in [0, 0.1) is 12.7 Å². The van der Waals surface area contributed by atoms with Crippen molar-refractivity contribution in [1.82, 2.24) is 5.32 Å². The predicted molar refractivity (Wildman–Crippen MR) is 82.2 cm³/mol. The second-order valence-electron chi connectivity index (χ2n) is 4.90. The third-order valence-electron chi connectivity index (χ3n) is 3.26. The molecule has 0 saturated carbocycles. The Balaban J connectivity index is 2.08. The number of rotatable bonds is 4. The number of aryl methyl sites for hydroxylation is 1. The number of halogens is 2. The molecule has 4 heteroatoms. The SMILES string of the molecule is Cc1ccc(C(C)NCc2cc(Br)ccc2F)c(O)c1. The summed E-state index contributed by atoms with van der Waals surface area (Å²) in [7, 11) is 0. The molecule has 106 valence electrons. The smallest absolute Gasteiger partial charge is 0.127 e.